The summed E-state index contributed by atoms with van der Waals surface area (Å²) in [7, 11) is 0. The van der Waals surface area contributed by atoms with Crippen molar-refractivity contribution in [1.29, 1.82) is 0 Å². The van der Waals surface area contributed by atoms with E-state index in [1.165, 1.54) is 76.1 Å². The highest BCUT2D eigenvalue weighted by Gasteiger charge is 2.19. The van der Waals surface area contributed by atoms with Crippen molar-refractivity contribution in [1.82, 2.24) is 0 Å². The van der Waals surface area contributed by atoms with Gasteiger partial charge in [-0.05, 0) is 107 Å². The summed E-state index contributed by atoms with van der Waals surface area (Å²) >= 11 is 0. The van der Waals surface area contributed by atoms with Gasteiger partial charge in [-0.2, -0.15) is 0 Å². The van der Waals surface area contributed by atoms with E-state index in [9.17, 15) is 0 Å². The molecule has 51 heavy (non-hydrogen) atoms. The molecule has 10 aromatic carbocycles. The molecule has 1 heteroatoms. The Morgan fingerprint density at radius 3 is 1.65 bits per heavy atom. The van der Waals surface area contributed by atoms with Crippen LogP contribution in [0, 0.1) is 0 Å². The lowest BCUT2D eigenvalue weighted by Crippen LogP contribution is -2.11. The van der Waals surface area contributed by atoms with Crippen molar-refractivity contribution in [2.24, 2.45) is 0 Å². The maximum atomic E-state index is 2.44. The number of hydrogen-bond donors (Lipinski definition) is 0. The number of anilines is 3. The summed E-state index contributed by atoms with van der Waals surface area (Å²) in [4.78, 5) is 2.44. The largest absolute Gasteiger partial charge is 0.310 e. The quantitative estimate of drug-likeness (QED) is 0.168. The second-order valence-corrected chi connectivity index (χ2v) is 13.4. The van der Waals surface area contributed by atoms with Crippen LogP contribution in [0.3, 0.4) is 0 Å². The molecule has 0 aliphatic rings. The summed E-state index contributed by atoms with van der Waals surface area (Å²) < 4.78 is 0. The maximum Gasteiger partial charge on any atom is 0.0540 e. The molecule has 0 N–H and O–H groups in total. The minimum Gasteiger partial charge on any atom is -0.310 e. The van der Waals surface area contributed by atoms with E-state index in [0.29, 0.717) is 0 Å². The molecule has 0 atom stereocenters. The molecular weight excluding hydrogens is 615 g/mol. The zero-order valence-corrected chi connectivity index (χ0v) is 28.0. The number of rotatable bonds is 5. The average Bonchev–Trinajstić information content (AvgIpc) is 3.21. The van der Waals surface area contributed by atoms with Crippen molar-refractivity contribution in [3.63, 3.8) is 0 Å². The number of fused-ring (bicyclic) bond motifs is 8. The highest BCUT2D eigenvalue weighted by atomic mass is 15.1. The molecule has 0 amide bonds. The van der Waals surface area contributed by atoms with Crippen molar-refractivity contribution < 1.29 is 0 Å². The fraction of sp³-hybridized carbons (Fsp3) is 0. The summed E-state index contributed by atoms with van der Waals surface area (Å²) in [5, 5.41) is 12.6. The normalized spacial score (nSPS) is 11.5. The predicted octanol–water partition coefficient (Wildman–Crippen LogP) is 14.3. The zero-order valence-electron chi connectivity index (χ0n) is 28.0. The van der Waals surface area contributed by atoms with Gasteiger partial charge in [0.25, 0.3) is 0 Å². The predicted molar refractivity (Wildman–Crippen MR) is 220 cm³/mol. The summed E-state index contributed by atoms with van der Waals surface area (Å²) in [6.45, 7) is 0. The van der Waals surface area contributed by atoms with Gasteiger partial charge in [0.1, 0.15) is 0 Å². The molecule has 10 rings (SSSR count). The van der Waals surface area contributed by atoms with Gasteiger partial charge < -0.3 is 4.90 Å². The molecule has 10 aromatic rings. The lowest BCUT2D eigenvalue weighted by atomic mass is 9.92. The molecule has 0 unspecified atom stereocenters. The Morgan fingerprint density at radius 1 is 0.275 bits per heavy atom. The smallest absolute Gasteiger partial charge is 0.0540 e. The van der Waals surface area contributed by atoms with Crippen molar-refractivity contribution in [3.05, 3.63) is 200 Å². The molecule has 1 nitrogen and oxygen atoms in total. The van der Waals surface area contributed by atoms with Gasteiger partial charge in [-0.25, -0.2) is 0 Å². The van der Waals surface area contributed by atoms with Gasteiger partial charge in [0, 0.05) is 16.9 Å². The van der Waals surface area contributed by atoms with Gasteiger partial charge >= 0.3 is 0 Å². The van der Waals surface area contributed by atoms with Gasteiger partial charge in [0.15, 0.2) is 0 Å². The van der Waals surface area contributed by atoms with Gasteiger partial charge in [-0.15, -0.1) is 0 Å². The minimum atomic E-state index is 1.11. The van der Waals surface area contributed by atoms with Crippen LogP contribution in [0.2, 0.25) is 0 Å². The Balaban J connectivity index is 1.24. The maximum absolute atomic E-state index is 2.44. The first-order valence-corrected chi connectivity index (χ1v) is 17.6. The summed E-state index contributed by atoms with van der Waals surface area (Å²) in [6, 6.07) is 73.1. The van der Waals surface area contributed by atoms with E-state index < -0.39 is 0 Å². The number of nitrogens with zero attached hydrogens (tertiary/aromatic N) is 1. The SMILES string of the molecule is c1ccc(-c2ccccc2N(c2cccc(-c3ccc4ccccc4c3)c2)c2ccc3ccc4ccc5ccc6ccccc6c5c4c3c2)cc1. The Labute approximate surface area is 297 Å². The lowest BCUT2D eigenvalue weighted by molar-refractivity contribution is 1.29. The van der Waals surface area contributed by atoms with E-state index in [1.807, 2.05) is 0 Å². The first-order chi connectivity index (χ1) is 25.3. The standard InChI is InChI=1S/C50H33N/c1-2-12-35(13-3-1)45-18-8-9-20-48(45)51(43-17-10-16-41(32-43)42-28-21-34-11-4-5-15-40(34)31-42)44-30-29-37-23-25-39-27-26-38-24-22-36-14-6-7-19-46(36)49(38)50(39)47(37)33-44/h1-33H. The van der Waals surface area contributed by atoms with E-state index in [2.05, 4.69) is 205 Å². The van der Waals surface area contributed by atoms with Crippen LogP contribution in [0.25, 0.3) is 76.1 Å². The molecule has 238 valence electrons. The average molecular weight is 648 g/mol. The highest BCUT2D eigenvalue weighted by Crippen LogP contribution is 2.44. The van der Waals surface area contributed by atoms with E-state index in [-0.39, 0.29) is 0 Å². The molecule has 0 fully saturated rings. The molecular formula is C50H33N. The first kappa shape index (κ1) is 29.2. The molecule has 0 bridgehead atoms. The van der Waals surface area contributed by atoms with Crippen molar-refractivity contribution in [2.45, 2.75) is 0 Å². The molecule has 0 spiro atoms. The number of hydrogen-bond acceptors (Lipinski definition) is 1. The monoisotopic (exact) mass is 647 g/mol. The molecule has 0 saturated carbocycles. The molecule has 0 aromatic heterocycles. The lowest BCUT2D eigenvalue weighted by Gasteiger charge is -2.29. The van der Waals surface area contributed by atoms with Crippen LogP contribution < -0.4 is 4.90 Å². The van der Waals surface area contributed by atoms with Crippen LogP contribution in [0.4, 0.5) is 17.1 Å². The highest BCUT2D eigenvalue weighted by molar-refractivity contribution is 6.27. The molecule has 0 heterocycles. The van der Waals surface area contributed by atoms with Gasteiger partial charge in [-0.3, -0.25) is 0 Å². The molecule has 0 aliphatic heterocycles. The zero-order chi connectivity index (χ0) is 33.7. The van der Waals surface area contributed by atoms with Crippen LogP contribution in [-0.4, -0.2) is 0 Å². The van der Waals surface area contributed by atoms with Gasteiger partial charge in [-0.1, -0.05) is 164 Å². The summed E-state index contributed by atoms with van der Waals surface area (Å²) in [5.74, 6) is 0. The summed E-state index contributed by atoms with van der Waals surface area (Å²) in [5.41, 5.74) is 8.12. The fourth-order valence-electron chi connectivity index (χ4n) is 7.92. The Hall–Kier alpha value is -6.70. The van der Waals surface area contributed by atoms with E-state index in [0.717, 1.165) is 17.1 Å². The van der Waals surface area contributed by atoms with Crippen molar-refractivity contribution in [3.8, 4) is 22.3 Å². The Morgan fingerprint density at radius 2 is 0.824 bits per heavy atom. The molecule has 0 saturated heterocycles. The third kappa shape index (κ3) is 5.02. The second kappa shape index (κ2) is 12.0. The second-order valence-electron chi connectivity index (χ2n) is 13.4. The molecule has 0 radical (unpaired) electrons. The fourth-order valence-corrected chi connectivity index (χ4v) is 7.92. The number of benzene rings is 10. The van der Waals surface area contributed by atoms with Crippen LogP contribution in [0.15, 0.2) is 200 Å². The van der Waals surface area contributed by atoms with Gasteiger partial charge in [0.2, 0.25) is 0 Å². The van der Waals surface area contributed by atoms with E-state index >= 15 is 0 Å². The van der Waals surface area contributed by atoms with Crippen LogP contribution in [-0.2, 0) is 0 Å². The Kier molecular flexibility index (Phi) is 6.89. The number of para-hydroxylation sites is 1. The van der Waals surface area contributed by atoms with Crippen molar-refractivity contribution >= 4 is 70.9 Å². The Bertz CT molecular complexity index is 2910. The van der Waals surface area contributed by atoms with Crippen LogP contribution in [0.5, 0.6) is 0 Å². The van der Waals surface area contributed by atoms with E-state index in [1.54, 1.807) is 0 Å². The first-order valence-electron chi connectivity index (χ1n) is 17.6. The van der Waals surface area contributed by atoms with Crippen molar-refractivity contribution in [2.75, 3.05) is 4.90 Å². The summed E-state index contributed by atoms with van der Waals surface area (Å²) in [6.07, 6.45) is 0. The topological polar surface area (TPSA) is 3.24 Å². The van der Waals surface area contributed by atoms with Crippen LogP contribution in [0.1, 0.15) is 0 Å². The molecule has 0 aliphatic carbocycles. The minimum absolute atomic E-state index is 1.11. The third-order valence-electron chi connectivity index (χ3n) is 10.4. The van der Waals surface area contributed by atoms with Crippen LogP contribution >= 0.6 is 0 Å². The van der Waals surface area contributed by atoms with E-state index in [4.69, 9.17) is 0 Å². The third-order valence-corrected chi connectivity index (χ3v) is 10.4. The van der Waals surface area contributed by atoms with Gasteiger partial charge in [0.05, 0.1) is 5.69 Å².